The molecule has 2 N–H and O–H groups in total. The van der Waals surface area contributed by atoms with Crippen LogP contribution >= 0.6 is 0 Å². The van der Waals surface area contributed by atoms with Crippen LogP contribution in [0.4, 0.5) is 0 Å². The third-order valence-electron chi connectivity index (χ3n) is 2.68. The largest absolute Gasteiger partial charge is 0.507 e. The van der Waals surface area contributed by atoms with Gasteiger partial charge < -0.3 is 10.2 Å². The first-order valence-corrected chi connectivity index (χ1v) is 5.61. The zero-order valence-corrected chi connectivity index (χ0v) is 10.2. The van der Waals surface area contributed by atoms with Crippen molar-refractivity contribution in [2.24, 2.45) is 0 Å². The number of aromatic carboxylic acids is 1. The van der Waals surface area contributed by atoms with E-state index in [0.717, 1.165) is 11.3 Å². The van der Waals surface area contributed by atoms with Crippen molar-refractivity contribution in [3.8, 4) is 17.0 Å². The summed E-state index contributed by atoms with van der Waals surface area (Å²) in [7, 11) is 0. The van der Waals surface area contributed by atoms with Crippen molar-refractivity contribution >= 4 is 5.97 Å². The molecule has 0 atom stereocenters. The van der Waals surface area contributed by atoms with E-state index in [4.69, 9.17) is 5.11 Å². The maximum Gasteiger partial charge on any atom is 0.339 e. The van der Waals surface area contributed by atoms with Gasteiger partial charge in [-0.25, -0.2) is 4.79 Å². The quantitative estimate of drug-likeness (QED) is 0.872. The standard InChI is InChI=1S/C13H14N2O3/c1-8(2)15-11(5-6-14-15)9-3-4-12(16)10(7-9)13(17)18/h3-8,16H,1-2H3,(H,17,18). The molecule has 0 aliphatic carbocycles. The molecule has 5 heteroatoms. The van der Waals surface area contributed by atoms with Crippen molar-refractivity contribution in [3.63, 3.8) is 0 Å². The lowest BCUT2D eigenvalue weighted by Crippen LogP contribution is -2.05. The molecule has 1 heterocycles. The maximum atomic E-state index is 11.0. The second-order valence-corrected chi connectivity index (χ2v) is 4.29. The Kier molecular flexibility index (Phi) is 3.06. The van der Waals surface area contributed by atoms with Crippen LogP contribution in [0, 0.1) is 0 Å². The van der Waals surface area contributed by atoms with Gasteiger partial charge in [0.05, 0.1) is 5.69 Å². The summed E-state index contributed by atoms with van der Waals surface area (Å²) in [4.78, 5) is 11.0. The molecular weight excluding hydrogens is 232 g/mol. The summed E-state index contributed by atoms with van der Waals surface area (Å²) in [6.07, 6.45) is 1.67. The second-order valence-electron chi connectivity index (χ2n) is 4.29. The van der Waals surface area contributed by atoms with Crippen molar-refractivity contribution in [1.82, 2.24) is 9.78 Å². The van der Waals surface area contributed by atoms with Crippen LogP contribution < -0.4 is 0 Å². The van der Waals surface area contributed by atoms with Gasteiger partial charge in [-0.3, -0.25) is 4.68 Å². The van der Waals surface area contributed by atoms with Crippen molar-refractivity contribution < 1.29 is 15.0 Å². The lowest BCUT2D eigenvalue weighted by molar-refractivity contribution is 0.0694. The molecule has 0 aliphatic heterocycles. The Morgan fingerprint density at radius 1 is 1.33 bits per heavy atom. The van der Waals surface area contributed by atoms with Crippen LogP contribution in [0.1, 0.15) is 30.2 Å². The van der Waals surface area contributed by atoms with E-state index in [1.807, 2.05) is 19.9 Å². The molecule has 0 saturated carbocycles. The Hall–Kier alpha value is -2.30. The van der Waals surface area contributed by atoms with E-state index in [0.29, 0.717) is 0 Å². The van der Waals surface area contributed by atoms with Crippen LogP contribution in [0.2, 0.25) is 0 Å². The summed E-state index contributed by atoms with van der Waals surface area (Å²) >= 11 is 0. The molecule has 18 heavy (non-hydrogen) atoms. The van der Waals surface area contributed by atoms with Gasteiger partial charge in [-0.1, -0.05) is 0 Å². The van der Waals surface area contributed by atoms with E-state index in [2.05, 4.69) is 5.10 Å². The smallest absolute Gasteiger partial charge is 0.339 e. The Morgan fingerprint density at radius 2 is 2.06 bits per heavy atom. The number of benzene rings is 1. The van der Waals surface area contributed by atoms with Gasteiger partial charge in [0.25, 0.3) is 0 Å². The minimum absolute atomic E-state index is 0.107. The Balaban J connectivity index is 2.54. The second kappa shape index (κ2) is 4.52. The Labute approximate surface area is 104 Å². The van der Waals surface area contributed by atoms with Gasteiger partial charge in [-0.05, 0) is 38.1 Å². The summed E-state index contributed by atoms with van der Waals surface area (Å²) < 4.78 is 1.80. The van der Waals surface area contributed by atoms with Gasteiger partial charge in [0.1, 0.15) is 11.3 Å². The highest BCUT2D eigenvalue weighted by Crippen LogP contribution is 2.27. The average molecular weight is 246 g/mol. The summed E-state index contributed by atoms with van der Waals surface area (Å²) in [6.45, 7) is 3.99. The summed E-state index contributed by atoms with van der Waals surface area (Å²) in [5.41, 5.74) is 1.44. The predicted octanol–water partition coefficient (Wildman–Crippen LogP) is 2.53. The number of aromatic nitrogens is 2. The summed E-state index contributed by atoms with van der Waals surface area (Å²) in [5.74, 6) is -1.38. The molecule has 0 aliphatic rings. The third-order valence-corrected chi connectivity index (χ3v) is 2.68. The first-order valence-electron chi connectivity index (χ1n) is 5.61. The zero-order chi connectivity index (χ0) is 13.3. The van der Waals surface area contributed by atoms with Crippen LogP contribution in [0.25, 0.3) is 11.3 Å². The van der Waals surface area contributed by atoms with Crippen LogP contribution in [-0.4, -0.2) is 26.0 Å². The van der Waals surface area contributed by atoms with E-state index >= 15 is 0 Å². The van der Waals surface area contributed by atoms with Crippen molar-refractivity contribution in [2.75, 3.05) is 0 Å². The molecule has 94 valence electrons. The number of carboxylic acids is 1. The van der Waals surface area contributed by atoms with Gasteiger partial charge in [0, 0.05) is 17.8 Å². The molecule has 0 amide bonds. The molecule has 1 aromatic heterocycles. The number of phenols is 1. The first kappa shape index (κ1) is 12.2. The van der Waals surface area contributed by atoms with E-state index in [9.17, 15) is 9.90 Å². The van der Waals surface area contributed by atoms with Crippen LogP contribution in [-0.2, 0) is 0 Å². The van der Waals surface area contributed by atoms with Crippen LogP contribution in [0.15, 0.2) is 30.5 Å². The summed E-state index contributed by atoms with van der Waals surface area (Å²) in [6, 6.07) is 6.51. The SMILES string of the molecule is CC(C)n1nccc1-c1ccc(O)c(C(=O)O)c1. The van der Waals surface area contributed by atoms with E-state index in [1.54, 1.807) is 16.9 Å². The van der Waals surface area contributed by atoms with Crippen molar-refractivity contribution in [3.05, 3.63) is 36.0 Å². The molecule has 0 unspecified atom stereocenters. The Morgan fingerprint density at radius 3 is 2.67 bits per heavy atom. The third kappa shape index (κ3) is 2.07. The predicted molar refractivity (Wildman–Crippen MR) is 66.7 cm³/mol. The number of carboxylic acid groups (broad SMARTS) is 1. The number of nitrogens with zero attached hydrogens (tertiary/aromatic N) is 2. The molecule has 1 aromatic carbocycles. The lowest BCUT2D eigenvalue weighted by atomic mass is 10.1. The topological polar surface area (TPSA) is 75.3 Å². The molecule has 2 aromatic rings. The monoisotopic (exact) mass is 246 g/mol. The van der Waals surface area contributed by atoms with E-state index < -0.39 is 5.97 Å². The first-order chi connectivity index (χ1) is 8.50. The normalized spacial score (nSPS) is 10.8. The molecule has 0 fully saturated rings. The number of hydrogen-bond donors (Lipinski definition) is 2. The molecule has 0 bridgehead atoms. The highest BCUT2D eigenvalue weighted by atomic mass is 16.4. The fourth-order valence-corrected chi connectivity index (χ4v) is 1.82. The van der Waals surface area contributed by atoms with Crippen molar-refractivity contribution in [2.45, 2.75) is 19.9 Å². The molecule has 0 saturated heterocycles. The molecule has 2 rings (SSSR count). The summed E-state index contributed by atoms with van der Waals surface area (Å²) in [5, 5.41) is 22.7. The van der Waals surface area contributed by atoms with Crippen LogP contribution in [0.5, 0.6) is 5.75 Å². The van der Waals surface area contributed by atoms with Gasteiger partial charge in [0.15, 0.2) is 0 Å². The highest BCUT2D eigenvalue weighted by Gasteiger charge is 2.14. The lowest BCUT2D eigenvalue weighted by Gasteiger charge is -2.11. The van der Waals surface area contributed by atoms with E-state index in [1.165, 1.54) is 12.1 Å². The number of aromatic hydroxyl groups is 1. The Bertz CT molecular complexity index is 588. The molecule has 0 spiro atoms. The van der Waals surface area contributed by atoms with Crippen molar-refractivity contribution in [1.29, 1.82) is 0 Å². The molecular formula is C13H14N2O3. The maximum absolute atomic E-state index is 11.0. The van der Waals surface area contributed by atoms with Crippen LogP contribution in [0.3, 0.4) is 0 Å². The van der Waals surface area contributed by atoms with Gasteiger partial charge >= 0.3 is 5.97 Å². The number of carbonyl (C=O) groups is 1. The zero-order valence-electron chi connectivity index (χ0n) is 10.2. The molecule has 5 nitrogen and oxygen atoms in total. The number of hydrogen-bond acceptors (Lipinski definition) is 3. The van der Waals surface area contributed by atoms with E-state index in [-0.39, 0.29) is 17.4 Å². The minimum Gasteiger partial charge on any atom is -0.507 e. The number of rotatable bonds is 3. The highest BCUT2D eigenvalue weighted by molar-refractivity contribution is 5.92. The fraction of sp³-hybridized carbons (Fsp3) is 0.231. The van der Waals surface area contributed by atoms with Gasteiger partial charge in [-0.15, -0.1) is 0 Å². The minimum atomic E-state index is -1.15. The van der Waals surface area contributed by atoms with Gasteiger partial charge in [-0.2, -0.15) is 5.10 Å². The van der Waals surface area contributed by atoms with Gasteiger partial charge in [0.2, 0.25) is 0 Å². The fourth-order valence-electron chi connectivity index (χ4n) is 1.82. The average Bonchev–Trinajstić information content (AvgIpc) is 2.78. The molecule has 0 radical (unpaired) electrons.